The number of amides is 2. The average Bonchev–Trinajstić information content (AvgIpc) is 2.56. The molecule has 0 aliphatic rings. The Morgan fingerprint density at radius 1 is 1.08 bits per heavy atom. The maximum absolute atomic E-state index is 13.4. The van der Waals surface area contributed by atoms with Crippen LogP contribution < -0.4 is 10.6 Å². The fraction of sp³-hybridized carbons (Fsp3) is 0.222. The van der Waals surface area contributed by atoms with E-state index >= 15 is 0 Å². The summed E-state index contributed by atoms with van der Waals surface area (Å²) in [6.45, 7) is 2.19. The minimum Gasteiger partial charge on any atom is -0.352 e. The number of aryl methyl sites for hydroxylation is 1. The molecule has 2 aromatic rings. The van der Waals surface area contributed by atoms with Crippen LogP contribution in [0.25, 0.3) is 0 Å². The third-order valence-corrected chi connectivity index (χ3v) is 4.00. The van der Waals surface area contributed by atoms with Crippen molar-refractivity contribution in [2.24, 2.45) is 0 Å². The second-order valence-corrected chi connectivity index (χ2v) is 6.29. The first-order chi connectivity index (χ1) is 11.5. The van der Waals surface area contributed by atoms with Crippen LogP contribution in [0.3, 0.4) is 0 Å². The van der Waals surface area contributed by atoms with Crippen molar-refractivity contribution in [1.82, 2.24) is 10.6 Å². The molecule has 0 atom stereocenters. The van der Waals surface area contributed by atoms with Crippen LogP contribution in [-0.4, -0.2) is 18.4 Å². The molecule has 0 spiro atoms. The van der Waals surface area contributed by atoms with Gasteiger partial charge >= 0.3 is 0 Å². The molecule has 0 fully saturated rings. The van der Waals surface area contributed by atoms with E-state index in [9.17, 15) is 14.0 Å². The van der Waals surface area contributed by atoms with Crippen LogP contribution in [0.2, 0.25) is 0 Å². The molecule has 126 valence electrons. The van der Waals surface area contributed by atoms with Gasteiger partial charge in [-0.1, -0.05) is 28.1 Å². The molecule has 0 aliphatic carbocycles. The summed E-state index contributed by atoms with van der Waals surface area (Å²) < 4.78 is 14.3. The van der Waals surface area contributed by atoms with Gasteiger partial charge in [-0.05, 0) is 48.4 Å². The SMILES string of the molecule is Cc1ccc(CNC(=O)CCNC(=O)c2ccc(Br)cc2)cc1F. The lowest BCUT2D eigenvalue weighted by Crippen LogP contribution is -2.30. The summed E-state index contributed by atoms with van der Waals surface area (Å²) in [6, 6.07) is 11.8. The molecule has 0 aliphatic heterocycles. The van der Waals surface area contributed by atoms with Crippen LogP contribution in [0.4, 0.5) is 4.39 Å². The molecule has 2 amide bonds. The second kappa shape index (κ2) is 8.59. The van der Waals surface area contributed by atoms with Crippen molar-refractivity contribution in [3.05, 3.63) is 69.4 Å². The van der Waals surface area contributed by atoms with E-state index in [-0.39, 0.29) is 37.1 Å². The molecule has 0 unspecified atom stereocenters. The Hall–Kier alpha value is -2.21. The zero-order chi connectivity index (χ0) is 17.5. The first-order valence-electron chi connectivity index (χ1n) is 7.51. The molecular weight excluding hydrogens is 375 g/mol. The molecule has 6 heteroatoms. The van der Waals surface area contributed by atoms with Crippen molar-refractivity contribution in [2.45, 2.75) is 19.9 Å². The topological polar surface area (TPSA) is 58.2 Å². The third-order valence-electron chi connectivity index (χ3n) is 3.47. The highest BCUT2D eigenvalue weighted by Crippen LogP contribution is 2.10. The average molecular weight is 393 g/mol. The lowest BCUT2D eigenvalue weighted by Gasteiger charge is -2.08. The number of rotatable bonds is 6. The first-order valence-corrected chi connectivity index (χ1v) is 8.30. The molecule has 0 heterocycles. The molecule has 0 saturated heterocycles. The molecule has 2 rings (SSSR count). The maximum Gasteiger partial charge on any atom is 0.251 e. The Morgan fingerprint density at radius 2 is 1.79 bits per heavy atom. The van der Waals surface area contributed by atoms with Gasteiger partial charge in [-0.3, -0.25) is 9.59 Å². The van der Waals surface area contributed by atoms with Gasteiger partial charge in [0.15, 0.2) is 0 Å². The molecular formula is C18H18BrFN2O2. The quantitative estimate of drug-likeness (QED) is 0.791. The van der Waals surface area contributed by atoms with Crippen molar-refractivity contribution < 1.29 is 14.0 Å². The molecule has 4 nitrogen and oxygen atoms in total. The molecule has 2 N–H and O–H groups in total. The van der Waals surface area contributed by atoms with Crippen LogP contribution in [0, 0.1) is 12.7 Å². The zero-order valence-corrected chi connectivity index (χ0v) is 14.8. The normalized spacial score (nSPS) is 10.3. The van der Waals surface area contributed by atoms with E-state index in [0.717, 1.165) is 4.47 Å². The Kier molecular flexibility index (Phi) is 6.49. The van der Waals surface area contributed by atoms with Crippen molar-refractivity contribution in [3.63, 3.8) is 0 Å². The van der Waals surface area contributed by atoms with Crippen LogP contribution in [0.15, 0.2) is 46.9 Å². The number of hydrogen-bond donors (Lipinski definition) is 2. The van der Waals surface area contributed by atoms with E-state index in [1.807, 2.05) is 0 Å². The van der Waals surface area contributed by atoms with Gasteiger partial charge in [0.1, 0.15) is 5.82 Å². The van der Waals surface area contributed by atoms with Crippen molar-refractivity contribution >= 4 is 27.7 Å². The van der Waals surface area contributed by atoms with Gasteiger partial charge in [0, 0.05) is 29.5 Å². The predicted octanol–water partition coefficient (Wildman–Crippen LogP) is 3.33. The summed E-state index contributed by atoms with van der Waals surface area (Å²) in [6.07, 6.45) is 0.163. The van der Waals surface area contributed by atoms with Crippen LogP contribution >= 0.6 is 15.9 Å². The fourth-order valence-electron chi connectivity index (χ4n) is 2.03. The van der Waals surface area contributed by atoms with Crippen molar-refractivity contribution in [1.29, 1.82) is 0 Å². The van der Waals surface area contributed by atoms with E-state index in [1.165, 1.54) is 6.07 Å². The Bertz CT molecular complexity index is 732. The minimum absolute atomic E-state index is 0.163. The summed E-state index contributed by atoms with van der Waals surface area (Å²) in [5, 5.41) is 5.39. The highest BCUT2D eigenvalue weighted by molar-refractivity contribution is 9.10. The van der Waals surface area contributed by atoms with Crippen LogP contribution in [0.1, 0.15) is 27.9 Å². The summed E-state index contributed by atoms with van der Waals surface area (Å²) in [5.41, 5.74) is 1.81. The Balaban J connectivity index is 1.72. The van der Waals surface area contributed by atoms with E-state index in [1.54, 1.807) is 43.3 Å². The number of benzene rings is 2. The monoisotopic (exact) mass is 392 g/mol. The van der Waals surface area contributed by atoms with Gasteiger partial charge in [0.25, 0.3) is 5.91 Å². The van der Waals surface area contributed by atoms with Gasteiger partial charge in [0.2, 0.25) is 5.91 Å². The Labute approximate surface area is 148 Å². The lowest BCUT2D eigenvalue weighted by molar-refractivity contribution is -0.121. The van der Waals surface area contributed by atoms with Gasteiger partial charge in [-0.2, -0.15) is 0 Å². The van der Waals surface area contributed by atoms with E-state index in [0.29, 0.717) is 16.7 Å². The van der Waals surface area contributed by atoms with Crippen LogP contribution in [-0.2, 0) is 11.3 Å². The standard InChI is InChI=1S/C18H18BrFN2O2/c1-12-2-3-13(10-16(12)20)11-22-17(23)8-9-21-18(24)14-4-6-15(19)7-5-14/h2-7,10H,8-9,11H2,1H3,(H,21,24)(H,22,23). The summed E-state index contributed by atoms with van der Waals surface area (Å²) in [5.74, 6) is -0.716. The summed E-state index contributed by atoms with van der Waals surface area (Å²) in [4.78, 5) is 23.7. The van der Waals surface area contributed by atoms with Gasteiger partial charge < -0.3 is 10.6 Å². The maximum atomic E-state index is 13.4. The highest BCUT2D eigenvalue weighted by Gasteiger charge is 2.07. The van der Waals surface area contributed by atoms with Gasteiger partial charge in [-0.25, -0.2) is 4.39 Å². The zero-order valence-electron chi connectivity index (χ0n) is 13.2. The number of halogens is 2. The lowest BCUT2D eigenvalue weighted by atomic mass is 10.1. The van der Waals surface area contributed by atoms with Gasteiger partial charge in [-0.15, -0.1) is 0 Å². The third kappa shape index (κ3) is 5.45. The summed E-state index contributed by atoms with van der Waals surface area (Å²) >= 11 is 3.30. The van der Waals surface area contributed by atoms with E-state index < -0.39 is 0 Å². The smallest absolute Gasteiger partial charge is 0.251 e. The van der Waals surface area contributed by atoms with Gasteiger partial charge in [0.05, 0.1) is 0 Å². The predicted molar refractivity (Wildman–Crippen MR) is 94.1 cm³/mol. The van der Waals surface area contributed by atoms with Crippen molar-refractivity contribution in [2.75, 3.05) is 6.54 Å². The minimum atomic E-state index is -0.288. The number of hydrogen-bond acceptors (Lipinski definition) is 2. The molecule has 24 heavy (non-hydrogen) atoms. The molecule has 0 saturated carbocycles. The number of nitrogens with one attached hydrogen (secondary N) is 2. The van der Waals surface area contributed by atoms with E-state index in [4.69, 9.17) is 0 Å². The van der Waals surface area contributed by atoms with E-state index in [2.05, 4.69) is 26.6 Å². The molecule has 0 bridgehead atoms. The highest BCUT2D eigenvalue weighted by atomic mass is 79.9. The number of carbonyl (C=O) groups is 2. The van der Waals surface area contributed by atoms with Crippen LogP contribution in [0.5, 0.6) is 0 Å². The fourth-order valence-corrected chi connectivity index (χ4v) is 2.29. The largest absolute Gasteiger partial charge is 0.352 e. The number of carbonyl (C=O) groups excluding carboxylic acids is 2. The summed E-state index contributed by atoms with van der Waals surface area (Å²) in [7, 11) is 0. The second-order valence-electron chi connectivity index (χ2n) is 5.37. The Morgan fingerprint density at radius 3 is 2.46 bits per heavy atom. The molecule has 0 radical (unpaired) electrons. The first kappa shape index (κ1) is 18.1. The van der Waals surface area contributed by atoms with Crippen molar-refractivity contribution in [3.8, 4) is 0 Å². The molecule has 0 aromatic heterocycles. The molecule has 2 aromatic carbocycles.